The zero-order chi connectivity index (χ0) is 23.5. The zero-order valence-electron chi connectivity index (χ0n) is 19.9. The number of likely N-dealkylation sites (tertiary alicyclic amines) is 1. The second-order valence-corrected chi connectivity index (χ2v) is 10.1. The summed E-state index contributed by atoms with van der Waals surface area (Å²) in [4.78, 5) is 16.7. The first-order valence-corrected chi connectivity index (χ1v) is 12.5. The molecule has 0 radical (unpaired) electrons. The van der Waals surface area contributed by atoms with Crippen molar-refractivity contribution in [2.24, 2.45) is 0 Å². The van der Waals surface area contributed by atoms with E-state index in [1.807, 2.05) is 24.3 Å². The molecule has 3 aliphatic rings. The molecule has 4 unspecified atom stereocenters. The average Bonchev–Trinajstić information content (AvgIpc) is 2.86. The molecule has 2 aromatic carbocycles. The number of nitrogens with zero attached hydrogens (tertiary/aromatic N) is 2. The summed E-state index contributed by atoms with van der Waals surface area (Å²) >= 11 is 0. The molecule has 2 N–H and O–H groups in total. The van der Waals surface area contributed by atoms with E-state index in [-0.39, 0.29) is 23.7 Å². The van der Waals surface area contributed by atoms with Crippen LogP contribution in [-0.4, -0.2) is 64.6 Å². The van der Waals surface area contributed by atoms with Crippen LogP contribution in [0.25, 0.3) is 0 Å². The Morgan fingerprint density at radius 3 is 2.65 bits per heavy atom. The summed E-state index contributed by atoms with van der Waals surface area (Å²) in [5.74, 6) is 0. The van der Waals surface area contributed by atoms with E-state index in [1.165, 1.54) is 11.1 Å². The molecule has 5 nitrogen and oxygen atoms in total. The predicted octanol–water partition coefficient (Wildman–Crippen LogP) is 3.80. The van der Waals surface area contributed by atoms with Gasteiger partial charge in [-0.3, -0.25) is 14.6 Å². The summed E-state index contributed by atoms with van der Waals surface area (Å²) in [6.07, 6.45) is 9.47. The van der Waals surface area contributed by atoms with Crippen molar-refractivity contribution in [3.63, 3.8) is 0 Å². The average molecular weight is 458 g/mol. The number of nitrogens with one attached hydrogen (secondary N) is 1. The molecule has 1 fully saturated rings. The first-order valence-electron chi connectivity index (χ1n) is 12.5. The third-order valence-corrected chi connectivity index (χ3v) is 7.82. The lowest BCUT2D eigenvalue weighted by Gasteiger charge is -2.52. The number of para-hydroxylation sites is 1. The lowest BCUT2D eigenvalue weighted by atomic mass is 9.80. The number of aliphatic hydroxyl groups is 1. The monoisotopic (exact) mass is 457 g/mol. The van der Waals surface area contributed by atoms with Gasteiger partial charge in [0.2, 0.25) is 0 Å². The maximum Gasteiger partial charge on any atom is 0.149 e. The molecule has 1 aliphatic carbocycles. The topological polar surface area (TPSA) is 55.8 Å². The molecular weight excluding hydrogens is 422 g/mol. The van der Waals surface area contributed by atoms with Crippen LogP contribution in [-0.2, 0) is 17.8 Å². The Kier molecular flexibility index (Phi) is 6.68. The van der Waals surface area contributed by atoms with Crippen molar-refractivity contribution in [1.29, 1.82) is 0 Å². The van der Waals surface area contributed by atoms with Gasteiger partial charge in [0.25, 0.3) is 0 Å². The van der Waals surface area contributed by atoms with E-state index >= 15 is 0 Å². The van der Waals surface area contributed by atoms with Crippen LogP contribution in [0.3, 0.4) is 0 Å². The van der Waals surface area contributed by atoms with Crippen LogP contribution in [0.4, 0.5) is 5.69 Å². The Labute approximate surface area is 202 Å². The van der Waals surface area contributed by atoms with E-state index in [9.17, 15) is 9.90 Å². The number of hydrogen-bond acceptors (Lipinski definition) is 5. The highest BCUT2D eigenvalue weighted by molar-refractivity contribution is 5.79. The van der Waals surface area contributed by atoms with Crippen molar-refractivity contribution >= 4 is 12.0 Å². The molecule has 2 aromatic rings. The minimum atomic E-state index is -0.319. The van der Waals surface area contributed by atoms with Gasteiger partial charge in [-0.2, -0.15) is 0 Å². The number of allylic oxidation sites excluding steroid dienone is 2. The number of aldehydes is 1. The van der Waals surface area contributed by atoms with Crippen molar-refractivity contribution in [3.8, 4) is 0 Å². The van der Waals surface area contributed by atoms with Crippen LogP contribution >= 0.6 is 0 Å². The summed E-state index contributed by atoms with van der Waals surface area (Å²) in [6.45, 7) is 6.03. The molecule has 34 heavy (non-hydrogen) atoms. The number of carbonyl (C=O) groups is 1. The molecule has 0 spiro atoms. The molecule has 5 rings (SSSR count). The van der Waals surface area contributed by atoms with Gasteiger partial charge in [-0.25, -0.2) is 0 Å². The summed E-state index contributed by atoms with van der Waals surface area (Å²) in [7, 11) is 0. The lowest BCUT2D eigenvalue weighted by Crippen LogP contribution is -2.64. The van der Waals surface area contributed by atoms with Crippen LogP contribution < -0.4 is 5.32 Å². The largest absolute Gasteiger partial charge is 0.393 e. The number of anilines is 1. The van der Waals surface area contributed by atoms with Gasteiger partial charge in [0.15, 0.2) is 0 Å². The van der Waals surface area contributed by atoms with Gasteiger partial charge in [-0.15, -0.1) is 0 Å². The highest BCUT2D eigenvalue weighted by atomic mass is 16.3. The first kappa shape index (κ1) is 23.0. The third kappa shape index (κ3) is 4.74. The summed E-state index contributed by atoms with van der Waals surface area (Å²) in [5, 5.41) is 14.3. The second kappa shape index (κ2) is 9.87. The molecule has 178 valence electrons. The molecule has 1 saturated heterocycles. The van der Waals surface area contributed by atoms with E-state index in [1.54, 1.807) is 0 Å². The molecule has 2 heterocycles. The smallest absolute Gasteiger partial charge is 0.149 e. The Bertz CT molecular complexity index is 1070. The van der Waals surface area contributed by atoms with Crippen LogP contribution in [0.15, 0.2) is 78.4 Å². The molecule has 0 bridgehead atoms. The van der Waals surface area contributed by atoms with Crippen molar-refractivity contribution in [2.45, 2.75) is 56.5 Å². The zero-order valence-corrected chi connectivity index (χ0v) is 19.9. The van der Waals surface area contributed by atoms with Crippen LogP contribution in [0.5, 0.6) is 0 Å². The predicted molar refractivity (Wildman–Crippen MR) is 137 cm³/mol. The van der Waals surface area contributed by atoms with Gasteiger partial charge in [0.1, 0.15) is 6.29 Å². The van der Waals surface area contributed by atoms with E-state index in [0.717, 1.165) is 57.4 Å². The van der Waals surface area contributed by atoms with Crippen molar-refractivity contribution < 1.29 is 9.90 Å². The minimum absolute atomic E-state index is 0.0556. The Hall–Kier alpha value is -2.73. The number of fused-ring (bicyclic) bond motifs is 1. The maximum absolute atomic E-state index is 11.6. The Morgan fingerprint density at radius 2 is 1.85 bits per heavy atom. The summed E-state index contributed by atoms with van der Waals surface area (Å²) in [6, 6.07) is 19.1. The molecule has 5 heteroatoms. The molecule has 0 amide bonds. The van der Waals surface area contributed by atoms with Gasteiger partial charge in [-0.05, 0) is 55.5 Å². The summed E-state index contributed by atoms with van der Waals surface area (Å²) < 4.78 is 0. The van der Waals surface area contributed by atoms with Gasteiger partial charge in [0.05, 0.1) is 17.7 Å². The van der Waals surface area contributed by atoms with Crippen molar-refractivity contribution in [3.05, 3.63) is 89.5 Å². The van der Waals surface area contributed by atoms with Crippen molar-refractivity contribution in [1.82, 2.24) is 9.80 Å². The third-order valence-electron chi connectivity index (χ3n) is 7.82. The van der Waals surface area contributed by atoms with Crippen LogP contribution in [0, 0.1) is 0 Å². The lowest BCUT2D eigenvalue weighted by molar-refractivity contribution is -0.104. The second-order valence-electron chi connectivity index (χ2n) is 10.1. The quantitative estimate of drug-likeness (QED) is 0.646. The fourth-order valence-corrected chi connectivity index (χ4v) is 5.89. The molecule has 4 atom stereocenters. The fraction of sp³-hybridized carbons (Fsp3) is 0.414. The highest BCUT2D eigenvalue weighted by Gasteiger charge is 2.44. The first-order chi connectivity index (χ1) is 16.5. The van der Waals surface area contributed by atoms with E-state index in [2.05, 4.69) is 70.6 Å². The molecule has 0 saturated carbocycles. The number of aliphatic hydroxyl groups excluding tert-OH is 1. The SMILES string of the molecule is CC1(N2CCC(O)CC2CN2CCc3ccccc3C2)C=CC(C=O)=CC1Nc1ccccc1. The normalized spacial score (nSPS) is 29.8. The number of hydrogen-bond donors (Lipinski definition) is 2. The Balaban J connectivity index is 1.40. The minimum Gasteiger partial charge on any atom is -0.393 e. The van der Waals surface area contributed by atoms with Crippen LogP contribution in [0.2, 0.25) is 0 Å². The molecular formula is C29H35N3O2. The van der Waals surface area contributed by atoms with Gasteiger partial charge >= 0.3 is 0 Å². The van der Waals surface area contributed by atoms with E-state index < -0.39 is 0 Å². The van der Waals surface area contributed by atoms with Crippen molar-refractivity contribution in [2.75, 3.05) is 25.0 Å². The number of rotatable bonds is 6. The number of carbonyl (C=O) groups excluding carboxylic acids is 1. The molecule has 0 aromatic heterocycles. The highest BCUT2D eigenvalue weighted by Crippen LogP contribution is 2.35. The summed E-state index contributed by atoms with van der Waals surface area (Å²) in [5.41, 5.74) is 4.30. The molecule has 2 aliphatic heterocycles. The van der Waals surface area contributed by atoms with E-state index in [0.29, 0.717) is 5.57 Å². The number of benzene rings is 2. The Morgan fingerprint density at radius 1 is 1.09 bits per heavy atom. The number of piperidine rings is 1. The van der Waals surface area contributed by atoms with Gasteiger partial charge in [-0.1, -0.05) is 54.6 Å². The maximum atomic E-state index is 11.6. The van der Waals surface area contributed by atoms with E-state index in [4.69, 9.17) is 0 Å². The fourth-order valence-electron chi connectivity index (χ4n) is 5.89. The van der Waals surface area contributed by atoms with Gasteiger partial charge < -0.3 is 10.4 Å². The standard InChI is InChI=1S/C29H35N3O2/c1-29(14-11-22(21-33)17-28(29)30-25-9-3-2-4-10-25)32-16-13-27(34)18-26(32)20-31-15-12-23-7-5-6-8-24(23)19-31/h2-11,14,17,21,26-28,30,34H,12-13,15-16,18-20H2,1H3. The van der Waals surface area contributed by atoms with Gasteiger partial charge in [0, 0.05) is 43.5 Å². The van der Waals surface area contributed by atoms with Crippen LogP contribution in [0.1, 0.15) is 30.9 Å².